The molecule has 1 saturated heterocycles. The fraction of sp³-hybridized carbons (Fsp3) is 0.818. The second-order valence-electron chi connectivity index (χ2n) is 4.67. The number of esters is 1. The van der Waals surface area contributed by atoms with Crippen LogP contribution in [-0.4, -0.2) is 75.9 Å². The number of hydrogen-bond donors (Lipinski definition) is 6. The van der Waals surface area contributed by atoms with Crippen LogP contribution in [0.3, 0.4) is 0 Å². The molecular weight excluding hydrogens is 272 g/mol. The van der Waals surface area contributed by atoms with Crippen molar-refractivity contribution in [1.29, 1.82) is 0 Å². The van der Waals surface area contributed by atoms with Crippen LogP contribution in [0.2, 0.25) is 0 Å². The number of aliphatic hydroxyl groups excluding tert-OH is 4. The number of nitrogens with one attached hydrogen (secondary N) is 1. The molecule has 0 spiro atoms. The second-order valence-corrected chi connectivity index (χ2v) is 4.67. The van der Waals surface area contributed by atoms with Gasteiger partial charge in [-0.3, -0.25) is 9.59 Å². The number of morpholine rings is 1. The van der Waals surface area contributed by atoms with E-state index in [0.29, 0.717) is 0 Å². The van der Waals surface area contributed by atoms with E-state index in [-0.39, 0.29) is 19.4 Å². The molecule has 0 aliphatic carbocycles. The lowest BCUT2D eigenvalue weighted by atomic mass is 10.0. The number of primary amides is 1. The summed E-state index contributed by atoms with van der Waals surface area (Å²) in [6, 6.07) is -0.703. The summed E-state index contributed by atoms with van der Waals surface area (Å²) < 4.78 is 4.95. The molecule has 9 nitrogen and oxygen atoms in total. The van der Waals surface area contributed by atoms with E-state index in [4.69, 9.17) is 15.6 Å². The van der Waals surface area contributed by atoms with Crippen molar-refractivity contribution in [2.45, 2.75) is 43.3 Å². The van der Waals surface area contributed by atoms with Crippen molar-refractivity contribution >= 4 is 11.9 Å². The topological polar surface area (TPSA) is 162 Å². The highest BCUT2D eigenvalue weighted by atomic mass is 16.6. The molecule has 0 bridgehead atoms. The Morgan fingerprint density at radius 1 is 1.45 bits per heavy atom. The van der Waals surface area contributed by atoms with Crippen molar-refractivity contribution < 1.29 is 34.8 Å². The SMILES string of the molecule is NC(=O)CC[C@@H]1NCC([C@@H](O)[C@H](O)[C@H](O)CO)OC1=O. The van der Waals surface area contributed by atoms with Gasteiger partial charge in [-0.25, -0.2) is 0 Å². The summed E-state index contributed by atoms with van der Waals surface area (Å²) in [6.45, 7) is -0.681. The minimum atomic E-state index is -1.64. The molecule has 116 valence electrons. The second kappa shape index (κ2) is 7.50. The maximum atomic E-state index is 11.6. The minimum Gasteiger partial charge on any atom is -0.457 e. The summed E-state index contributed by atoms with van der Waals surface area (Å²) in [6.07, 6.45) is -5.56. The number of carbonyl (C=O) groups is 2. The molecule has 1 aliphatic rings. The summed E-state index contributed by atoms with van der Waals surface area (Å²) in [7, 11) is 0. The summed E-state index contributed by atoms with van der Waals surface area (Å²) in [5.41, 5.74) is 4.98. The number of nitrogens with two attached hydrogens (primary N) is 1. The van der Waals surface area contributed by atoms with E-state index < -0.39 is 48.9 Å². The largest absolute Gasteiger partial charge is 0.457 e. The zero-order valence-electron chi connectivity index (χ0n) is 10.8. The van der Waals surface area contributed by atoms with Crippen LogP contribution in [0.25, 0.3) is 0 Å². The van der Waals surface area contributed by atoms with E-state index in [1.54, 1.807) is 0 Å². The van der Waals surface area contributed by atoms with E-state index in [1.807, 2.05) is 0 Å². The lowest BCUT2D eigenvalue weighted by molar-refractivity contribution is -0.175. The molecule has 0 radical (unpaired) electrons. The minimum absolute atomic E-state index is 0.0197. The third-order valence-corrected chi connectivity index (χ3v) is 3.11. The van der Waals surface area contributed by atoms with Gasteiger partial charge in [0, 0.05) is 13.0 Å². The first-order valence-corrected chi connectivity index (χ1v) is 6.24. The van der Waals surface area contributed by atoms with Gasteiger partial charge in [0.1, 0.15) is 30.5 Å². The van der Waals surface area contributed by atoms with Crippen LogP contribution in [0, 0.1) is 0 Å². The van der Waals surface area contributed by atoms with Gasteiger partial charge in [0.25, 0.3) is 0 Å². The summed E-state index contributed by atoms with van der Waals surface area (Å²) in [5.74, 6) is -1.21. The van der Waals surface area contributed by atoms with E-state index in [1.165, 1.54) is 0 Å². The number of aliphatic hydroxyl groups is 4. The van der Waals surface area contributed by atoms with Crippen LogP contribution in [0.1, 0.15) is 12.8 Å². The average Bonchev–Trinajstić information content (AvgIpc) is 2.43. The molecule has 0 aromatic rings. The van der Waals surface area contributed by atoms with Gasteiger partial charge in [-0.15, -0.1) is 0 Å². The molecular formula is C11H20N2O7. The first kappa shape index (κ1) is 16.8. The molecule has 7 N–H and O–H groups in total. The van der Waals surface area contributed by atoms with Crippen molar-refractivity contribution in [2.24, 2.45) is 5.73 Å². The van der Waals surface area contributed by atoms with Crippen LogP contribution < -0.4 is 11.1 Å². The molecule has 1 heterocycles. The monoisotopic (exact) mass is 292 g/mol. The Morgan fingerprint density at radius 3 is 2.60 bits per heavy atom. The van der Waals surface area contributed by atoms with Crippen LogP contribution in [0.4, 0.5) is 0 Å². The number of carbonyl (C=O) groups excluding carboxylic acids is 2. The fourth-order valence-corrected chi connectivity index (χ4v) is 1.87. The highest BCUT2D eigenvalue weighted by Crippen LogP contribution is 2.14. The average molecular weight is 292 g/mol. The maximum absolute atomic E-state index is 11.6. The van der Waals surface area contributed by atoms with Gasteiger partial charge in [0.05, 0.1) is 6.61 Å². The quantitative estimate of drug-likeness (QED) is 0.260. The first-order valence-electron chi connectivity index (χ1n) is 6.24. The Morgan fingerprint density at radius 2 is 2.10 bits per heavy atom. The zero-order chi connectivity index (χ0) is 15.3. The van der Waals surface area contributed by atoms with E-state index in [9.17, 15) is 24.9 Å². The van der Waals surface area contributed by atoms with Gasteiger partial charge in [-0.2, -0.15) is 0 Å². The molecule has 5 atom stereocenters. The molecule has 1 rings (SSSR count). The summed E-state index contributed by atoms with van der Waals surface area (Å²) >= 11 is 0. The summed E-state index contributed by atoms with van der Waals surface area (Å²) in [4.78, 5) is 22.3. The Balaban J connectivity index is 2.50. The molecule has 0 aromatic carbocycles. The van der Waals surface area contributed by atoms with Gasteiger partial charge in [-0.05, 0) is 6.42 Å². The third kappa shape index (κ3) is 4.39. The molecule has 1 aliphatic heterocycles. The number of amides is 1. The Bertz CT molecular complexity index is 352. The first-order chi connectivity index (χ1) is 9.36. The lowest BCUT2D eigenvalue weighted by Gasteiger charge is -2.34. The number of ether oxygens (including phenoxy) is 1. The summed E-state index contributed by atoms with van der Waals surface area (Å²) in [5, 5.41) is 39.9. The Labute approximate surface area is 115 Å². The van der Waals surface area contributed by atoms with Crippen molar-refractivity contribution in [1.82, 2.24) is 5.32 Å². The molecule has 1 fully saturated rings. The van der Waals surface area contributed by atoms with Crippen LogP contribution in [0.15, 0.2) is 0 Å². The standard InChI is InChI=1S/C11H20N2O7/c12-8(16)2-1-5-11(19)20-7(3-13-5)10(18)9(17)6(15)4-14/h5-7,9-10,13-15,17-18H,1-4H2,(H2,12,16)/t5-,6+,7?,9+,10+/m0/s1. The zero-order valence-corrected chi connectivity index (χ0v) is 10.8. The van der Waals surface area contributed by atoms with Gasteiger partial charge in [0.15, 0.2) is 0 Å². The third-order valence-electron chi connectivity index (χ3n) is 3.11. The Kier molecular flexibility index (Phi) is 6.30. The highest BCUT2D eigenvalue weighted by Gasteiger charge is 2.38. The Hall–Kier alpha value is -1.26. The van der Waals surface area contributed by atoms with Crippen LogP contribution in [0.5, 0.6) is 0 Å². The molecule has 1 amide bonds. The van der Waals surface area contributed by atoms with E-state index >= 15 is 0 Å². The maximum Gasteiger partial charge on any atom is 0.323 e. The smallest absolute Gasteiger partial charge is 0.323 e. The highest BCUT2D eigenvalue weighted by molar-refractivity contribution is 5.79. The van der Waals surface area contributed by atoms with E-state index in [2.05, 4.69) is 5.32 Å². The fourth-order valence-electron chi connectivity index (χ4n) is 1.87. The predicted molar refractivity (Wildman–Crippen MR) is 65.2 cm³/mol. The van der Waals surface area contributed by atoms with Gasteiger partial charge < -0.3 is 36.2 Å². The van der Waals surface area contributed by atoms with Crippen molar-refractivity contribution in [3.05, 3.63) is 0 Å². The number of hydrogen-bond acceptors (Lipinski definition) is 8. The van der Waals surface area contributed by atoms with Crippen molar-refractivity contribution in [2.75, 3.05) is 13.2 Å². The normalized spacial score (nSPS) is 27.5. The van der Waals surface area contributed by atoms with Gasteiger partial charge in [-0.1, -0.05) is 0 Å². The molecule has 20 heavy (non-hydrogen) atoms. The molecule has 1 unspecified atom stereocenters. The molecule has 9 heteroatoms. The van der Waals surface area contributed by atoms with Crippen LogP contribution in [-0.2, 0) is 14.3 Å². The van der Waals surface area contributed by atoms with E-state index in [0.717, 1.165) is 0 Å². The van der Waals surface area contributed by atoms with Gasteiger partial charge >= 0.3 is 5.97 Å². The lowest BCUT2D eigenvalue weighted by Crippen LogP contribution is -2.57. The van der Waals surface area contributed by atoms with Crippen molar-refractivity contribution in [3.63, 3.8) is 0 Å². The number of cyclic esters (lactones) is 1. The van der Waals surface area contributed by atoms with Crippen LogP contribution >= 0.6 is 0 Å². The molecule has 0 saturated carbocycles. The number of rotatable bonds is 7. The molecule has 0 aromatic heterocycles. The van der Waals surface area contributed by atoms with Crippen molar-refractivity contribution in [3.8, 4) is 0 Å². The van der Waals surface area contributed by atoms with Gasteiger partial charge in [0.2, 0.25) is 5.91 Å². The predicted octanol–water partition coefficient (Wildman–Crippen LogP) is -3.79.